The molecule has 0 radical (unpaired) electrons. The lowest BCUT2D eigenvalue weighted by Crippen LogP contribution is -2.25. The van der Waals surface area contributed by atoms with E-state index in [9.17, 15) is 4.79 Å². The van der Waals surface area contributed by atoms with E-state index < -0.39 is 0 Å². The van der Waals surface area contributed by atoms with Crippen LogP contribution in [0.5, 0.6) is 5.75 Å². The zero-order valence-electron chi connectivity index (χ0n) is 14.0. The summed E-state index contributed by atoms with van der Waals surface area (Å²) in [7, 11) is 0. The molecule has 0 bridgehead atoms. The summed E-state index contributed by atoms with van der Waals surface area (Å²) in [5, 5.41) is 3.64. The van der Waals surface area contributed by atoms with Crippen LogP contribution in [0.1, 0.15) is 28.8 Å². The Balaban J connectivity index is 1.42. The molecule has 1 heterocycles. The van der Waals surface area contributed by atoms with Gasteiger partial charge in [-0.15, -0.1) is 0 Å². The van der Waals surface area contributed by atoms with Crippen molar-refractivity contribution in [3.63, 3.8) is 0 Å². The van der Waals surface area contributed by atoms with Crippen LogP contribution in [0.15, 0.2) is 48.5 Å². The summed E-state index contributed by atoms with van der Waals surface area (Å²) in [6, 6.07) is 14.8. The molecule has 5 heteroatoms. The topological polar surface area (TPSA) is 47.6 Å². The van der Waals surface area contributed by atoms with E-state index in [2.05, 4.69) is 5.32 Å². The molecule has 0 saturated carbocycles. The highest BCUT2D eigenvalue weighted by Gasteiger charge is 2.16. The second kappa shape index (κ2) is 8.88. The zero-order chi connectivity index (χ0) is 17.5. The zero-order valence-corrected chi connectivity index (χ0v) is 14.8. The molecule has 2 aromatic rings. The van der Waals surface area contributed by atoms with Crippen molar-refractivity contribution in [1.29, 1.82) is 0 Å². The number of rotatable bonds is 7. The summed E-state index contributed by atoms with van der Waals surface area (Å²) in [4.78, 5) is 12.2. The van der Waals surface area contributed by atoms with Crippen molar-refractivity contribution in [3.8, 4) is 5.75 Å². The molecule has 1 atom stereocenters. The van der Waals surface area contributed by atoms with Crippen molar-refractivity contribution in [2.75, 3.05) is 19.8 Å². The summed E-state index contributed by atoms with van der Waals surface area (Å²) in [5.74, 6) is 0.674. The molecule has 0 aromatic heterocycles. The SMILES string of the molecule is O=C(NCCc1ccc(Cl)cc1)c1ccc(OC[C@H]2CCCO2)cc1. The van der Waals surface area contributed by atoms with E-state index in [0.717, 1.165) is 42.2 Å². The van der Waals surface area contributed by atoms with E-state index >= 15 is 0 Å². The van der Waals surface area contributed by atoms with Gasteiger partial charge in [0.15, 0.2) is 0 Å². The lowest BCUT2D eigenvalue weighted by molar-refractivity contribution is 0.0679. The molecule has 1 aliphatic rings. The van der Waals surface area contributed by atoms with Crippen molar-refractivity contribution >= 4 is 17.5 Å². The first-order valence-electron chi connectivity index (χ1n) is 8.58. The second-order valence-corrected chi connectivity index (χ2v) is 6.54. The molecule has 3 rings (SSSR count). The molecule has 1 aliphatic heterocycles. The average molecular weight is 360 g/mol. The molecule has 1 fully saturated rings. The van der Waals surface area contributed by atoms with Gasteiger partial charge in [-0.3, -0.25) is 4.79 Å². The minimum Gasteiger partial charge on any atom is -0.491 e. The van der Waals surface area contributed by atoms with Gasteiger partial charge < -0.3 is 14.8 Å². The Hall–Kier alpha value is -2.04. The van der Waals surface area contributed by atoms with Crippen LogP contribution in [0.2, 0.25) is 5.02 Å². The molecule has 1 saturated heterocycles. The second-order valence-electron chi connectivity index (χ2n) is 6.10. The van der Waals surface area contributed by atoms with E-state index in [-0.39, 0.29) is 12.0 Å². The van der Waals surface area contributed by atoms with Gasteiger partial charge in [-0.1, -0.05) is 23.7 Å². The largest absolute Gasteiger partial charge is 0.491 e. The fourth-order valence-corrected chi connectivity index (χ4v) is 2.87. The smallest absolute Gasteiger partial charge is 0.251 e. The average Bonchev–Trinajstić information content (AvgIpc) is 3.15. The molecular formula is C20H22ClNO3. The van der Waals surface area contributed by atoms with Gasteiger partial charge in [0, 0.05) is 23.7 Å². The Labute approximate surface area is 153 Å². The highest BCUT2D eigenvalue weighted by atomic mass is 35.5. The van der Waals surface area contributed by atoms with Crippen LogP contribution < -0.4 is 10.1 Å². The quantitative estimate of drug-likeness (QED) is 0.816. The maximum absolute atomic E-state index is 12.2. The minimum atomic E-state index is -0.0837. The number of hydrogen-bond acceptors (Lipinski definition) is 3. The molecule has 132 valence electrons. The maximum atomic E-state index is 12.2. The summed E-state index contributed by atoms with van der Waals surface area (Å²) < 4.78 is 11.2. The van der Waals surface area contributed by atoms with Crippen LogP contribution in [-0.4, -0.2) is 31.8 Å². The standard InChI is InChI=1S/C20H22ClNO3/c21-17-7-3-15(4-8-17)11-12-22-20(23)16-5-9-18(10-6-16)25-14-19-2-1-13-24-19/h3-10,19H,1-2,11-14H2,(H,22,23)/t19-/m1/s1. The Morgan fingerprint density at radius 2 is 1.92 bits per heavy atom. The van der Waals surface area contributed by atoms with Gasteiger partial charge in [0.2, 0.25) is 0 Å². The number of carbonyl (C=O) groups is 1. The Morgan fingerprint density at radius 3 is 2.60 bits per heavy atom. The molecular weight excluding hydrogens is 338 g/mol. The first kappa shape index (κ1) is 17.8. The Morgan fingerprint density at radius 1 is 1.16 bits per heavy atom. The monoisotopic (exact) mass is 359 g/mol. The number of benzene rings is 2. The van der Waals surface area contributed by atoms with Crippen LogP contribution in [0.4, 0.5) is 0 Å². The minimum absolute atomic E-state index is 0.0837. The van der Waals surface area contributed by atoms with Gasteiger partial charge in [0.05, 0.1) is 6.10 Å². The van der Waals surface area contributed by atoms with Crippen molar-refractivity contribution in [2.45, 2.75) is 25.4 Å². The molecule has 1 N–H and O–H groups in total. The maximum Gasteiger partial charge on any atom is 0.251 e. The van der Waals surface area contributed by atoms with Crippen LogP contribution in [0, 0.1) is 0 Å². The predicted molar refractivity (Wildman–Crippen MR) is 98.4 cm³/mol. The molecule has 4 nitrogen and oxygen atoms in total. The highest BCUT2D eigenvalue weighted by molar-refractivity contribution is 6.30. The van der Waals surface area contributed by atoms with Gasteiger partial charge in [-0.25, -0.2) is 0 Å². The number of carbonyl (C=O) groups excluding carboxylic acids is 1. The van der Waals surface area contributed by atoms with Crippen LogP contribution >= 0.6 is 11.6 Å². The van der Waals surface area contributed by atoms with Crippen molar-refractivity contribution in [1.82, 2.24) is 5.32 Å². The van der Waals surface area contributed by atoms with Crippen molar-refractivity contribution in [3.05, 3.63) is 64.7 Å². The van der Waals surface area contributed by atoms with E-state index in [1.165, 1.54) is 0 Å². The van der Waals surface area contributed by atoms with Crippen LogP contribution in [0.3, 0.4) is 0 Å². The van der Waals surface area contributed by atoms with E-state index in [1.807, 2.05) is 36.4 Å². The van der Waals surface area contributed by atoms with Crippen LogP contribution in [0.25, 0.3) is 0 Å². The number of halogens is 1. The van der Waals surface area contributed by atoms with Gasteiger partial charge >= 0.3 is 0 Å². The lowest BCUT2D eigenvalue weighted by Gasteiger charge is -2.11. The predicted octanol–water partition coefficient (Wildman–Crippen LogP) is 3.87. The normalized spacial score (nSPS) is 16.6. The highest BCUT2D eigenvalue weighted by Crippen LogP contribution is 2.16. The lowest BCUT2D eigenvalue weighted by atomic mass is 10.1. The fraction of sp³-hybridized carbons (Fsp3) is 0.350. The van der Waals surface area contributed by atoms with Crippen molar-refractivity contribution < 1.29 is 14.3 Å². The molecule has 0 aliphatic carbocycles. The van der Waals surface area contributed by atoms with E-state index in [4.69, 9.17) is 21.1 Å². The van der Waals surface area contributed by atoms with Gasteiger partial charge in [-0.05, 0) is 61.2 Å². The summed E-state index contributed by atoms with van der Waals surface area (Å²) in [6.07, 6.45) is 3.11. The summed E-state index contributed by atoms with van der Waals surface area (Å²) >= 11 is 5.86. The summed E-state index contributed by atoms with van der Waals surface area (Å²) in [6.45, 7) is 1.97. The van der Waals surface area contributed by atoms with E-state index in [1.54, 1.807) is 12.1 Å². The number of ether oxygens (including phenoxy) is 2. The molecule has 25 heavy (non-hydrogen) atoms. The molecule has 0 unspecified atom stereocenters. The van der Waals surface area contributed by atoms with Gasteiger partial charge in [0.25, 0.3) is 5.91 Å². The number of hydrogen-bond donors (Lipinski definition) is 1. The van der Waals surface area contributed by atoms with Gasteiger partial charge in [-0.2, -0.15) is 0 Å². The Bertz CT molecular complexity index is 679. The third-order valence-corrected chi connectivity index (χ3v) is 4.44. The van der Waals surface area contributed by atoms with Crippen LogP contribution in [-0.2, 0) is 11.2 Å². The Kier molecular flexibility index (Phi) is 6.31. The number of amides is 1. The van der Waals surface area contributed by atoms with Gasteiger partial charge in [0.1, 0.15) is 12.4 Å². The first-order valence-corrected chi connectivity index (χ1v) is 8.95. The fourth-order valence-electron chi connectivity index (χ4n) is 2.74. The molecule has 0 spiro atoms. The molecule has 1 amide bonds. The molecule has 2 aromatic carbocycles. The van der Waals surface area contributed by atoms with Crippen molar-refractivity contribution in [2.24, 2.45) is 0 Å². The summed E-state index contributed by atoms with van der Waals surface area (Å²) in [5.41, 5.74) is 1.77. The third-order valence-electron chi connectivity index (χ3n) is 4.19. The third kappa shape index (κ3) is 5.48. The first-order chi connectivity index (χ1) is 12.2. The number of nitrogens with one attached hydrogen (secondary N) is 1. The van der Waals surface area contributed by atoms with E-state index in [0.29, 0.717) is 18.7 Å².